The molecular weight excluding hydrogens is 517 g/mol. The molecule has 3 saturated heterocycles. The minimum Gasteiger partial charge on any atom is -0.381 e. The molecule has 3 aliphatic rings. The van der Waals surface area contributed by atoms with Crippen molar-refractivity contribution in [2.24, 2.45) is 22.1 Å². The number of halogens is 1. The molecule has 3 N–H and O–H groups in total. The van der Waals surface area contributed by atoms with E-state index in [0.717, 1.165) is 77.7 Å². The van der Waals surface area contributed by atoms with Crippen LogP contribution in [0.25, 0.3) is 0 Å². The lowest BCUT2D eigenvalue weighted by molar-refractivity contribution is -0.123. The Hall–Kier alpha value is -1.39. The normalized spacial score (nSPS) is 26.3. The average Bonchev–Trinajstić information content (AvgIpc) is 3.41. The summed E-state index contributed by atoms with van der Waals surface area (Å²) in [4.78, 5) is 21.3. The van der Waals surface area contributed by atoms with Crippen LogP contribution in [-0.2, 0) is 22.6 Å². The van der Waals surface area contributed by atoms with Crippen molar-refractivity contribution in [2.45, 2.75) is 45.7 Å². The molecule has 3 heterocycles. The van der Waals surface area contributed by atoms with E-state index in [-0.39, 0.29) is 35.8 Å². The van der Waals surface area contributed by atoms with Gasteiger partial charge < -0.3 is 20.7 Å². The number of primary amides is 1. The van der Waals surface area contributed by atoms with Crippen LogP contribution < -0.4 is 11.1 Å². The van der Waals surface area contributed by atoms with Gasteiger partial charge in [-0.15, -0.1) is 24.0 Å². The molecule has 3 aliphatic heterocycles. The number of rotatable bonds is 6. The molecule has 0 radical (unpaired) electrons. The Balaban J connectivity index is 0.00000289. The van der Waals surface area contributed by atoms with E-state index >= 15 is 0 Å². The van der Waals surface area contributed by atoms with Crippen molar-refractivity contribution in [1.82, 2.24) is 15.1 Å². The molecule has 1 aromatic carbocycles. The lowest BCUT2D eigenvalue weighted by Gasteiger charge is -2.31. The number of benzene rings is 1. The number of nitrogens with zero attached hydrogens (tertiary/aromatic N) is 3. The summed E-state index contributed by atoms with van der Waals surface area (Å²) in [5.41, 5.74) is 8.35. The highest BCUT2D eigenvalue weighted by Gasteiger charge is 2.42. The van der Waals surface area contributed by atoms with E-state index in [9.17, 15) is 4.79 Å². The van der Waals surface area contributed by atoms with Gasteiger partial charge in [0.25, 0.3) is 0 Å². The third-order valence-electron chi connectivity index (χ3n) is 6.97. The number of amides is 1. The van der Waals surface area contributed by atoms with Crippen LogP contribution in [0.2, 0.25) is 0 Å². The van der Waals surface area contributed by atoms with Crippen molar-refractivity contribution >= 4 is 35.8 Å². The van der Waals surface area contributed by atoms with Crippen LogP contribution in [0.3, 0.4) is 0 Å². The van der Waals surface area contributed by atoms with Crippen LogP contribution in [0.4, 0.5) is 0 Å². The number of hydrogen-bond donors (Lipinski definition) is 2. The molecular formula is C24H38IN5O2. The van der Waals surface area contributed by atoms with Gasteiger partial charge >= 0.3 is 0 Å². The number of nitrogens with one attached hydrogen (secondary N) is 1. The highest BCUT2D eigenvalue weighted by molar-refractivity contribution is 14.0. The van der Waals surface area contributed by atoms with Crippen LogP contribution in [0.15, 0.2) is 29.3 Å². The number of piperidine rings is 1. The molecule has 3 fully saturated rings. The van der Waals surface area contributed by atoms with Crippen molar-refractivity contribution in [3.05, 3.63) is 35.4 Å². The zero-order valence-corrected chi connectivity index (χ0v) is 21.6. The first kappa shape index (κ1) is 25.2. The lowest BCUT2D eigenvalue weighted by Crippen LogP contribution is -2.41. The summed E-state index contributed by atoms with van der Waals surface area (Å²) in [6.45, 7) is 10.2. The van der Waals surface area contributed by atoms with Gasteiger partial charge in [0.15, 0.2) is 5.96 Å². The van der Waals surface area contributed by atoms with Crippen molar-refractivity contribution < 1.29 is 9.53 Å². The second kappa shape index (κ2) is 11.7. The highest BCUT2D eigenvalue weighted by Crippen LogP contribution is 2.38. The molecule has 1 aromatic rings. The minimum absolute atomic E-state index is 0. The van der Waals surface area contributed by atoms with Gasteiger partial charge in [-0.1, -0.05) is 24.3 Å². The summed E-state index contributed by atoms with van der Waals surface area (Å²) < 4.78 is 5.68. The van der Waals surface area contributed by atoms with E-state index < -0.39 is 0 Å². The Labute approximate surface area is 209 Å². The summed E-state index contributed by atoms with van der Waals surface area (Å²) in [7, 11) is 0. The lowest BCUT2D eigenvalue weighted by atomic mass is 9.87. The molecule has 2 atom stereocenters. The topological polar surface area (TPSA) is 83.2 Å². The van der Waals surface area contributed by atoms with Crippen molar-refractivity contribution in [1.29, 1.82) is 0 Å². The number of carbonyl (C=O) groups excluding carboxylic acids is 1. The molecule has 0 bridgehead atoms. The van der Waals surface area contributed by atoms with Gasteiger partial charge in [-0.2, -0.15) is 0 Å². The first-order chi connectivity index (χ1) is 15.1. The van der Waals surface area contributed by atoms with E-state index in [4.69, 9.17) is 15.5 Å². The summed E-state index contributed by atoms with van der Waals surface area (Å²) in [6.07, 6.45) is 4.30. The maximum Gasteiger partial charge on any atom is 0.221 e. The summed E-state index contributed by atoms with van der Waals surface area (Å²) in [6, 6.07) is 8.67. The van der Waals surface area contributed by atoms with Gasteiger partial charge in [-0.05, 0) is 50.3 Å². The van der Waals surface area contributed by atoms with Gasteiger partial charge in [-0.25, -0.2) is 4.99 Å². The van der Waals surface area contributed by atoms with Gasteiger partial charge in [0.2, 0.25) is 5.91 Å². The van der Waals surface area contributed by atoms with Crippen LogP contribution in [0.1, 0.15) is 43.7 Å². The Morgan fingerprint density at radius 1 is 1.31 bits per heavy atom. The molecule has 1 spiro atoms. The molecule has 178 valence electrons. The number of carbonyl (C=O) groups is 1. The fourth-order valence-corrected chi connectivity index (χ4v) is 5.20. The molecule has 0 aliphatic carbocycles. The van der Waals surface area contributed by atoms with E-state index in [0.29, 0.717) is 12.0 Å². The molecule has 2 unspecified atom stereocenters. The van der Waals surface area contributed by atoms with E-state index in [1.807, 2.05) is 0 Å². The number of guanidine groups is 1. The van der Waals surface area contributed by atoms with Crippen molar-refractivity contribution in [3.63, 3.8) is 0 Å². The summed E-state index contributed by atoms with van der Waals surface area (Å²) in [5, 5.41) is 3.48. The first-order valence-corrected chi connectivity index (χ1v) is 11.8. The average molecular weight is 556 g/mol. The van der Waals surface area contributed by atoms with Crippen LogP contribution in [-0.4, -0.2) is 67.6 Å². The Bertz CT molecular complexity index is 796. The van der Waals surface area contributed by atoms with Gasteiger partial charge in [-0.3, -0.25) is 9.69 Å². The smallest absolute Gasteiger partial charge is 0.221 e. The maximum absolute atomic E-state index is 11.6. The molecule has 8 heteroatoms. The molecule has 0 aromatic heterocycles. The number of likely N-dealkylation sites (tertiary alicyclic amines) is 2. The van der Waals surface area contributed by atoms with Crippen molar-refractivity contribution in [2.75, 3.05) is 45.9 Å². The molecule has 32 heavy (non-hydrogen) atoms. The third kappa shape index (κ3) is 6.35. The Morgan fingerprint density at radius 2 is 2.16 bits per heavy atom. The van der Waals surface area contributed by atoms with E-state index in [2.05, 4.69) is 46.3 Å². The monoisotopic (exact) mass is 555 g/mol. The highest BCUT2D eigenvalue weighted by atomic mass is 127. The molecule has 4 rings (SSSR count). The van der Waals surface area contributed by atoms with Gasteiger partial charge in [0.05, 0.1) is 19.1 Å². The van der Waals surface area contributed by atoms with Crippen LogP contribution in [0.5, 0.6) is 0 Å². The quantitative estimate of drug-likeness (QED) is 0.321. The number of ether oxygens (including phenoxy) is 1. The SMILES string of the molecule is CCNC(=NCc1cccc(CN2CCCC(C(N)=O)C2)c1)N1CCC2(CCOC2)C1.I. The molecule has 7 nitrogen and oxygen atoms in total. The molecule has 0 saturated carbocycles. The zero-order chi connectivity index (χ0) is 21.7. The van der Waals surface area contributed by atoms with E-state index in [1.165, 1.54) is 17.5 Å². The summed E-state index contributed by atoms with van der Waals surface area (Å²) >= 11 is 0. The first-order valence-electron chi connectivity index (χ1n) is 11.8. The Kier molecular flexibility index (Phi) is 9.19. The second-order valence-corrected chi connectivity index (χ2v) is 9.44. The van der Waals surface area contributed by atoms with Crippen LogP contribution >= 0.6 is 24.0 Å². The standard InChI is InChI=1S/C24H37N5O2.HI/c1-2-26-23(29-11-8-24(17-29)9-12-31-18-24)27-14-19-5-3-6-20(13-19)15-28-10-4-7-21(16-28)22(25)30;/h3,5-6,13,21H,2,4,7-12,14-18H2,1H3,(H2,25,30)(H,26,27);1H. The Morgan fingerprint density at radius 3 is 2.91 bits per heavy atom. The number of hydrogen-bond acceptors (Lipinski definition) is 4. The predicted octanol–water partition coefficient (Wildman–Crippen LogP) is 2.58. The maximum atomic E-state index is 11.6. The third-order valence-corrected chi connectivity index (χ3v) is 6.97. The fraction of sp³-hybridized carbons (Fsp3) is 0.667. The van der Waals surface area contributed by atoms with E-state index in [1.54, 1.807) is 0 Å². The number of nitrogens with two attached hydrogens (primary N) is 1. The van der Waals surface area contributed by atoms with Crippen LogP contribution in [0, 0.1) is 11.3 Å². The molecule has 1 amide bonds. The number of aliphatic imine (C=N–C) groups is 1. The largest absolute Gasteiger partial charge is 0.381 e. The van der Waals surface area contributed by atoms with Gasteiger partial charge in [0, 0.05) is 44.7 Å². The zero-order valence-electron chi connectivity index (χ0n) is 19.2. The second-order valence-electron chi connectivity index (χ2n) is 9.44. The van der Waals surface area contributed by atoms with Crippen molar-refractivity contribution in [3.8, 4) is 0 Å². The fourth-order valence-electron chi connectivity index (χ4n) is 5.20. The minimum atomic E-state index is -0.170. The summed E-state index contributed by atoms with van der Waals surface area (Å²) in [5.74, 6) is 0.826. The predicted molar refractivity (Wildman–Crippen MR) is 138 cm³/mol. The van der Waals surface area contributed by atoms with Gasteiger partial charge in [0.1, 0.15) is 0 Å².